The van der Waals surface area contributed by atoms with Gasteiger partial charge in [0.15, 0.2) is 0 Å². The topological polar surface area (TPSA) is 46.2 Å². The molecule has 5 aromatic rings. The highest BCUT2D eigenvalue weighted by atomic mass is 31.1. The maximum Gasteiger partial charge on any atom is 0.864 e. The number of methoxy groups -OCH3 is 2. The minimum atomic E-state index is -1.17. The fourth-order valence-electron chi connectivity index (χ4n) is 11.0. The molecule has 0 aliphatic heterocycles. The summed E-state index contributed by atoms with van der Waals surface area (Å²) < 4.78 is 34.2. The highest BCUT2D eigenvalue weighted by molar-refractivity contribution is 7.80. The van der Waals surface area contributed by atoms with Crippen molar-refractivity contribution in [2.45, 2.75) is 146 Å². The van der Waals surface area contributed by atoms with Crippen LogP contribution in [-0.2, 0) is 0 Å². The van der Waals surface area contributed by atoms with Crippen LogP contribution < -0.4 is 39.4 Å². The van der Waals surface area contributed by atoms with E-state index in [9.17, 15) is 0 Å². The molecule has 0 N–H and O–H groups in total. The van der Waals surface area contributed by atoms with E-state index < -0.39 is 15.2 Å². The summed E-state index contributed by atoms with van der Waals surface area (Å²) >= 11 is 0. The Balaban J connectivity index is 1.48. The maximum atomic E-state index is 7.18. The van der Waals surface area contributed by atoms with E-state index in [1.807, 2.05) is 14.2 Å². The summed E-state index contributed by atoms with van der Waals surface area (Å²) in [6.45, 7) is 26.1. The average Bonchev–Trinajstić information content (AvgIpc) is 3.93. The molecule has 322 valence electrons. The highest BCUT2D eigenvalue weighted by Crippen LogP contribution is 2.53. The summed E-state index contributed by atoms with van der Waals surface area (Å²) in [6, 6.07) is 18.2. The Labute approximate surface area is 368 Å². The predicted octanol–water partition coefficient (Wildman–Crippen LogP) is 13.0. The molecule has 2 fully saturated rings. The molecule has 5 aromatic carbocycles. The van der Waals surface area contributed by atoms with Gasteiger partial charge in [-0.1, -0.05) is 84.8 Å². The number of ether oxygens (including phenoxy) is 2. The van der Waals surface area contributed by atoms with Gasteiger partial charge < -0.3 is 23.4 Å². The first-order valence-corrected chi connectivity index (χ1v) is 23.9. The van der Waals surface area contributed by atoms with Crippen LogP contribution in [0.1, 0.15) is 141 Å². The number of hydrogen-bond acceptors (Lipinski definition) is 5. The van der Waals surface area contributed by atoms with Crippen molar-refractivity contribution in [2.24, 2.45) is 0 Å². The molecular weight excluding hydrogens is 770 g/mol. The standard InChI is InChI=1S/C54H68BO5P/c1-31-23-34(4)48(35(5)24-31)58-55(59-49-36(6)25-32(2)26-37(49)7)60-50-38(8)29-41(11)54(42(50)12)61(53-39(9)27-33(3)28-40(53)10)46-30-45(43-19-15-16-20-43)51(56-13)47(52(46)57-14)44-21-17-18-22-44/h23-30,43-44H,15-22H2,1-14H3. The molecule has 0 amide bonds. The molecular formula is C54H68BO5P. The van der Waals surface area contributed by atoms with Crippen molar-refractivity contribution in [3.63, 3.8) is 0 Å². The number of hydrogen-bond donors (Lipinski definition) is 0. The van der Waals surface area contributed by atoms with Crippen molar-refractivity contribution >= 4 is 31.2 Å². The van der Waals surface area contributed by atoms with Gasteiger partial charge in [0.2, 0.25) is 0 Å². The first kappa shape index (κ1) is 44.6. The molecule has 2 aliphatic rings. The Morgan fingerprint density at radius 1 is 0.426 bits per heavy atom. The molecule has 2 saturated carbocycles. The first-order valence-electron chi connectivity index (χ1n) is 22.5. The molecule has 0 bridgehead atoms. The summed E-state index contributed by atoms with van der Waals surface area (Å²) in [5.41, 5.74) is 16.4. The lowest BCUT2D eigenvalue weighted by molar-refractivity contribution is 0.302. The quantitative estimate of drug-likeness (QED) is 0.0873. The van der Waals surface area contributed by atoms with E-state index in [4.69, 9.17) is 23.4 Å². The van der Waals surface area contributed by atoms with Gasteiger partial charge >= 0.3 is 7.32 Å². The lowest BCUT2D eigenvalue weighted by Gasteiger charge is -2.33. The molecule has 7 heteroatoms. The van der Waals surface area contributed by atoms with Crippen molar-refractivity contribution in [3.8, 4) is 28.7 Å². The predicted molar refractivity (Wildman–Crippen MR) is 258 cm³/mol. The minimum absolute atomic E-state index is 0.401. The van der Waals surface area contributed by atoms with Crippen LogP contribution in [0, 0.1) is 83.1 Å². The lowest BCUT2D eigenvalue weighted by Crippen LogP contribution is -2.39. The van der Waals surface area contributed by atoms with E-state index in [-0.39, 0.29) is 0 Å². The van der Waals surface area contributed by atoms with Crippen LogP contribution in [0.2, 0.25) is 0 Å². The number of aryl methyl sites for hydroxylation is 11. The minimum Gasteiger partial charge on any atom is -0.496 e. The third-order valence-corrected chi connectivity index (χ3v) is 16.4. The van der Waals surface area contributed by atoms with Gasteiger partial charge in [-0.2, -0.15) is 0 Å². The van der Waals surface area contributed by atoms with Crippen LogP contribution in [0.15, 0.2) is 48.5 Å². The molecule has 2 aliphatic carbocycles. The molecule has 1 atom stereocenters. The van der Waals surface area contributed by atoms with Gasteiger partial charge in [-0.25, -0.2) is 0 Å². The average molecular weight is 839 g/mol. The lowest BCUT2D eigenvalue weighted by atomic mass is 9.88. The molecule has 0 spiro atoms. The third kappa shape index (κ3) is 8.95. The van der Waals surface area contributed by atoms with Gasteiger partial charge in [0, 0.05) is 10.9 Å². The van der Waals surface area contributed by atoms with E-state index in [0.29, 0.717) is 11.8 Å². The van der Waals surface area contributed by atoms with E-state index in [1.54, 1.807) is 0 Å². The monoisotopic (exact) mass is 838 g/mol. The summed E-state index contributed by atoms with van der Waals surface area (Å²) in [6.07, 6.45) is 9.66. The van der Waals surface area contributed by atoms with Gasteiger partial charge in [0.25, 0.3) is 0 Å². The van der Waals surface area contributed by atoms with Crippen LogP contribution in [-0.4, -0.2) is 21.5 Å². The molecule has 5 nitrogen and oxygen atoms in total. The van der Waals surface area contributed by atoms with Crippen LogP contribution in [0.4, 0.5) is 0 Å². The Bertz CT molecular complexity index is 2310. The fraction of sp³-hybridized carbons (Fsp3) is 0.444. The zero-order valence-electron chi connectivity index (χ0n) is 39.5. The second-order valence-electron chi connectivity index (χ2n) is 18.4. The summed E-state index contributed by atoms with van der Waals surface area (Å²) in [4.78, 5) is 0. The van der Waals surface area contributed by atoms with Crippen LogP contribution in [0.5, 0.6) is 28.7 Å². The SMILES string of the molecule is COc1c(C2CCCC2)cc(P(c2c(C)cc(C)cc2C)c2c(C)cc(C)c(OB(Oc3c(C)cc(C)cc3C)Oc3c(C)cc(C)cc3C)c2C)c(OC)c1C1CCCC1. The summed E-state index contributed by atoms with van der Waals surface area (Å²) in [5, 5.41) is 3.94. The van der Waals surface area contributed by atoms with Crippen LogP contribution in [0.3, 0.4) is 0 Å². The smallest absolute Gasteiger partial charge is 0.496 e. The Morgan fingerprint density at radius 2 is 0.820 bits per heavy atom. The van der Waals surface area contributed by atoms with E-state index >= 15 is 0 Å². The maximum absolute atomic E-state index is 7.18. The summed E-state index contributed by atoms with van der Waals surface area (Å²) in [5.74, 6) is 5.26. The van der Waals surface area contributed by atoms with E-state index in [2.05, 4.69) is 132 Å². The molecule has 0 saturated heterocycles. The zero-order valence-corrected chi connectivity index (χ0v) is 40.4. The summed E-state index contributed by atoms with van der Waals surface area (Å²) in [7, 11) is 1.53. The van der Waals surface area contributed by atoms with Crippen molar-refractivity contribution in [1.29, 1.82) is 0 Å². The Kier molecular flexibility index (Phi) is 13.6. The Morgan fingerprint density at radius 3 is 1.28 bits per heavy atom. The fourth-order valence-corrected chi connectivity index (χ4v) is 14.1. The van der Waals surface area contributed by atoms with Crippen molar-refractivity contribution in [1.82, 2.24) is 0 Å². The van der Waals surface area contributed by atoms with E-state index in [1.165, 1.54) is 98.9 Å². The van der Waals surface area contributed by atoms with Crippen LogP contribution in [0.25, 0.3) is 0 Å². The zero-order chi connectivity index (χ0) is 43.9. The third-order valence-electron chi connectivity index (χ3n) is 13.3. The van der Waals surface area contributed by atoms with Gasteiger partial charge in [-0.15, -0.1) is 0 Å². The van der Waals surface area contributed by atoms with Crippen LogP contribution >= 0.6 is 7.92 Å². The molecule has 0 aromatic heterocycles. The van der Waals surface area contributed by atoms with E-state index in [0.717, 1.165) is 75.0 Å². The van der Waals surface area contributed by atoms with Gasteiger partial charge in [-0.05, 0) is 201 Å². The highest BCUT2D eigenvalue weighted by Gasteiger charge is 2.38. The Hall–Kier alpha value is -4.41. The molecule has 1 unspecified atom stereocenters. The molecule has 0 heterocycles. The first-order chi connectivity index (χ1) is 29.1. The van der Waals surface area contributed by atoms with Gasteiger partial charge in [-0.3, -0.25) is 0 Å². The number of rotatable bonds is 13. The largest absolute Gasteiger partial charge is 0.864 e. The van der Waals surface area contributed by atoms with Crippen molar-refractivity contribution in [3.05, 3.63) is 126 Å². The van der Waals surface area contributed by atoms with Crippen molar-refractivity contribution in [2.75, 3.05) is 14.2 Å². The van der Waals surface area contributed by atoms with Gasteiger partial charge in [0.05, 0.1) is 14.2 Å². The second kappa shape index (κ2) is 18.5. The molecule has 7 rings (SSSR count). The second-order valence-corrected chi connectivity index (χ2v) is 20.5. The number of benzene rings is 5. The molecule has 0 radical (unpaired) electrons. The normalized spacial score (nSPS) is 15.0. The van der Waals surface area contributed by atoms with Crippen molar-refractivity contribution < 1.29 is 23.4 Å². The van der Waals surface area contributed by atoms with Gasteiger partial charge in [0.1, 0.15) is 28.7 Å². The molecule has 61 heavy (non-hydrogen) atoms.